The van der Waals surface area contributed by atoms with Crippen molar-refractivity contribution in [1.29, 1.82) is 0 Å². The van der Waals surface area contributed by atoms with Gasteiger partial charge in [0.15, 0.2) is 0 Å². The van der Waals surface area contributed by atoms with Gasteiger partial charge in [-0.05, 0) is 48.4 Å². The predicted molar refractivity (Wildman–Crippen MR) is 73.7 cm³/mol. The zero-order valence-corrected chi connectivity index (χ0v) is 10.2. The Labute approximate surface area is 111 Å². The van der Waals surface area contributed by atoms with E-state index in [9.17, 15) is 4.79 Å². The predicted octanol–water partition coefficient (Wildman–Crippen LogP) is 3.19. The second-order valence-electron chi connectivity index (χ2n) is 3.99. The number of aromatic hydroxyl groups is 1. The van der Waals surface area contributed by atoms with Crippen LogP contribution in [0.3, 0.4) is 0 Å². The van der Waals surface area contributed by atoms with Gasteiger partial charge in [-0.1, -0.05) is 24.3 Å². The maximum absolute atomic E-state index is 11.6. The van der Waals surface area contributed by atoms with Crippen molar-refractivity contribution in [2.24, 2.45) is 0 Å². The van der Waals surface area contributed by atoms with Gasteiger partial charge in [-0.15, -0.1) is 0 Å². The molecule has 0 atom stereocenters. The van der Waals surface area contributed by atoms with Crippen molar-refractivity contribution in [3.05, 3.63) is 72.7 Å². The number of hydrogen-bond donors (Lipinski definition) is 1. The largest absolute Gasteiger partial charge is 0.508 e. The molecule has 3 heteroatoms. The molecule has 0 aromatic heterocycles. The van der Waals surface area contributed by atoms with Gasteiger partial charge in [0, 0.05) is 6.08 Å². The van der Waals surface area contributed by atoms with Crippen LogP contribution >= 0.6 is 0 Å². The number of phenolic OH excluding ortho intramolecular Hbond substituents is 1. The number of hydrogen-bond acceptors (Lipinski definition) is 3. The van der Waals surface area contributed by atoms with Crippen molar-refractivity contribution in [3.8, 4) is 11.5 Å². The average Bonchev–Trinajstić information content (AvgIpc) is 2.41. The maximum Gasteiger partial charge on any atom is 0.336 e. The SMILES string of the molecule is [CH2]c1ccc(OC(=O)/C=C/c2ccc(O)cc2)cc1. The highest BCUT2D eigenvalue weighted by Crippen LogP contribution is 2.13. The van der Waals surface area contributed by atoms with Crippen LogP contribution in [0.25, 0.3) is 6.08 Å². The number of rotatable bonds is 3. The second kappa shape index (κ2) is 5.87. The molecule has 3 nitrogen and oxygen atoms in total. The molecule has 2 aromatic rings. The molecule has 0 amide bonds. The first-order valence-electron chi connectivity index (χ1n) is 5.74. The van der Waals surface area contributed by atoms with E-state index in [0.717, 1.165) is 11.1 Å². The highest BCUT2D eigenvalue weighted by molar-refractivity contribution is 5.88. The minimum Gasteiger partial charge on any atom is -0.508 e. The van der Waals surface area contributed by atoms with Crippen LogP contribution in [0.4, 0.5) is 0 Å². The Morgan fingerprint density at radius 3 is 2.32 bits per heavy atom. The normalized spacial score (nSPS) is 10.6. The molecule has 2 rings (SSSR count). The molecular weight excluding hydrogens is 240 g/mol. The van der Waals surface area contributed by atoms with Crippen LogP contribution in [-0.4, -0.2) is 11.1 Å². The summed E-state index contributed by atoms with van der Waals surface area (Å²) in [5, 5.41) is 9.13. The smallest absolute Gasteiger partial charge is 0.336 e. The molecule has 0 aliphatic carbocycles. The van der Waals surface area contributed by atoms with Gasteiger partial charge < -0.3 is 9.84 Å². The Balaban J connectivity index is 1.97. The van der Waals surface area contributed by atoms with E-state index in [1.807, 2.05) is 0 Å². The van der Waals surface area contributed by atoms with Crippen LogP contribution in [-0.2, 0) is 4.79 Å². The van der Waals surface area contributed by atoms with Gasteiger partial charge in [-0.2, -0.15) is 0 Å². The topological polar surface area (TPSA) is 46.5 Å². The van der Waals surface area contributed by atoms with Gasteiger partial charge in [-0.3, -0.25) is 0 Å². The lowest BCUT2D eigenvalue weighted by Crippen LogP contribution is -2.03. The summed E-state index contributed by atoms with van der Waals surface area (Å²) in [6, 6.07) is 13.4. The van der Waals surface area contributed by atoms with E-state index in [0.29, 0.717) is 5.75 Å². The molecule has 0 fully saturated rings. The Bertz CT molecular complexity index is 580. The van der Waals surface area contributed by atoms with Crippen molar-refractivity contribution in [2.45, 2.75) is 0 Å². The minimum atomic E-state index is -0.454. The van der Waals surface area contributed by atoms with Crippen molar-refractivity contribution < 1.29 is 14.6 Å². The first-order valence-corrected chi connectivity index (χ1v) is 5.74. The molecule has 2 aromatic carbocycles. The summed E-state index contributed by atoms with van der Waals surface area (Å²) in [6.45, 7) is 3.75. The molecule has 0 heterocycles. The minimum absolute atomic E-state index is 0.188. The molecule has 0 unspecified atom stereocenters. The number of phenols is 1. The van der Waals surface area contributed by atoms with E-state index < -0.39 is 5.97 Å². The lowest BCUT2D eigenvalue weighted by atomic mass is 10.2. The molecule has 0 aliphatic rings. The number of carbonyl (C=O) groups excluding carboxylic acids is 1. The van der Waals surface area contributed by atoms with Crippen molar-refractivity contribution in [3.63, 3.8) is 0 Å². The van der Waals surface area contributed by atoms with E-state index in [1.165, 1.54) is 6.08 Å². The van der Waals surface area contributed by atoms with E-state index in [4.69, 9.17) is 9.84 Å². The molecular formula is C16H13O3. The van der Waals surface area contributed by atoms with Crippen LogP contribution in [0, 0.1) is 6.92 Å². The van der Waals surface area contributed by atoms with Gasteiger partial charge in [0.2, 0.25) is 0 Å². The summed E-state index contributed by atoms with van der Waals surface area (Å²) < 4.78 is 5.11. The van der Waals surface area contributed by atoms with E-state index in [1.54, 1.807) is 54.6 Å². The Morgan fingerprint density at radius 2 is 1.68 bits per heavy atom. The van der Waals surface area contributed by atoms with Gasteiger partial charge >= 0.3 is 5.97 Å². The highest BCUT2D eigenvalue weighted by atomic mass is 16.5. The van der Waals surface area contributed by atoms with Crippen LogP contribution in [0.1, 0.15) is 11.1 Å². The summed E-state index contributed by atoms with van der Waals surface area (Å²) in [5.41, 5.74) is 1.67. The van der Waals surface area contributed by atoms with Crippen LogP contribution < -0.4 is 4.74 Å². The number of esters is 1. The van der Waals surface area contributed by atoms with Crippen molar-refractivity contribution >= 4 is 12.0 Å². The van der Waals surface area contributed by atoms with Crippen LogP contribution in [0.5, 0.6) is 11.5 Å². The standard InChI is InChI=1S/C16H13O3/c1-12-2-9-15(10-3-12)19-16(18)11-6-13-4-7-14(17)8-5-13/h2-11,17H,1H2/b11-6+. The Hall–Kier alpha value is -2.55. The summed E-state index contributed by atoms with van der Waals surface area (Å²) in [4.78, 5) is 11.6. The number of carbonyl (C=O) groups is 1. The Kier molecular flexibility index (Phi) is 3.98. The maximum atomic E-state index is 11.6. The fraction of sp³-hybridized carbons (Fsp3) is 0. The lowest BCUT2D eigenvalue weighted by molar-refractivity contribution is -0.128. The quantitative estimate of drug-likeness (QED) is 0.519. The van der Waals surface area contributed by atoms with E-state index in [-0.39, 0.29) is 5.75 Å². The Morgan fingerprint density at radius 1 is 1.05 bits per heavy atom. The molecule has 0 saturated heterocycles. The first kappa shape index (κ1) is 12.9. The van der Waals surface area contributed by atoms with Gasteiger partial charge in [-0.25, -0.2) is 4.79 Å². The highest BCUT2D eigenvalue weighted by Gasteiger charge is 1.99. The zero-order valence-electron chi connectivity index (χ0n) is 10.2. The van der Waals surface area contributed by atoms with Crippen LogP contribution in [0.15, 0.2) is 54.6 Å². The molecule has 0 aliphatic heterocycles. The third-order valence-electron chi connectivity index (χ3n) is 2.45. The van der Waals surface area contributed by atoms with E-state index in [2.05, 4.69) is 6.92 Å². The molecule has 19 heavy (non-hydrogen) atoms. The molecule has 95 valence electrons. The second-order valence-corrected chi connectivity index (χ2v) is 3.99. The first-order chi connectivity index (χ1) is 9.13. The average molecular weight is 253 g/mol. The van der Waals surface area contributed by atoms with Gasteiger partial charge in [0.1, 0.15) is 11.5 Å². The number of benzene rings is 2. The summed E-state index contributed by atoms with van der Waals surface area (Å²) >= 11 is 0. The third-order valence-corrected chi connectivity index (χ3v) is 2.45. The summed E-state index contributed by atoms with van der Waals surface area (Å²) in [6.07, 6.45) is 2.96. The molecule has 0 bridgehead atoms. The zero-order chi connectivity index (χ0) is 13.7. The van der Waals surface area contributed by atoms with E-state index >= 15 is 0 Å². The molecule has 1 N–H and O–H groups in total. The van der Waals surface area contributed by atoms with Crippen LogP contribution in [0.2, 0.25) is 0 Å². The summed E-state index contributed by atoms with van der Waals surface area (Å²) in [7, 11) is 0. The fourth-order valence-corrected chi connectivity index (χ4v) is 1.46. The fourth-order valence-electron chi connectivity index (χ4n) is 1.46. The molecule has 0 spiro atoms. The third kappa shape index (κ3) is 4.00. The number of ether oxygens (including phenoxy) is 1. The molecule has 1 radical (unpaired) electrons. The monoisotopic (exact) mass is 253 g/mol. The molecule has 0 saturated carbocycles. The van der Waals surface area contributed by atoms with Crippen molar-refractivity contribution in [1.82, 2.24) is 0 Å². The lowest BCUT2D eigenvalue weighted by Gasteiger charge is -2.01. The van der Waals surface area contributed by atoms with Crippen molar-refractivity contribution in [2.75, 3.05) is 0 Å². The van der Waals surface area contributed by atoms with Gasteiger partial charge in [0.05, 0.1) is 0 Å². The summed E-state index contributed by atoms with van der Waals surface area (Å²) in [5.74, 6) is 0.214. The van der Waals surface area contributed by atoms with Gasteiger partial charge in [0.25, 0.3) is 0 Å².